The Hall–Kier alpha value is -1.36. The van der Waals surface area contributed by atoms with Gasteiger partial charge in [0.15, 0.2) is 0 Å². The van der Waals surface area contributed by atoms with E-state index in [-0.39, 0.29) is 0 Å². The molecule has 70 valence electrons. The number of hydrogen-bond donors (Lipinski definition) is 1. The van der Waals surface area contributed by atoms with Crippen LogP contribution in [-0.2, 0) is 9.53 Å². The molecule has 5 heteroatoms. The molecule has 1 aromatic heterocycles. The Morgan fingerprint density at radius 3 is 3.15 bits per heavy atom. The summed E-state index contributed by atoms with van der Waals surface area (Å²) in [5, 5.41) is 2.43. The van der Waals surface area contributed by atoms with E-state index in [4.69, 9.17) is 10.5 Å². The number of nitrogens with two attached hydrogens (primary N) is 1. The predicted octanol–water partition coefficient (Wildman–Crippen LogP) is 1.01. The summed E-state index contributed by atoms with van der Waals surface area (Å²) in [5.74, 6) is -0.435. The van der Waals surface area contributed by atoms with Crippen molar-refractivity contribution in [1.29, 1.82) is 0 Å². The van der Waals surface area contributed by atoms with Crippen LogP contribution in [0, 0.1) is 0 Å². The molecule has 0 saturated heterocycles. The number of esters is 1. The SMILES string of the molecule is CCOC(=O)C=C(N)c1nccs1. The summed E-state index contributed by atoms with van der Waals surface area (Å²) in [6.45, 7) is 2.09. The molecule has 0 aliphatic heterocycles. The van der Waals surface area contributed by atoms with Crippen LogP contribution >= 0.6 is 11.3 Å². The molecule has 1 heterocycles. The minimum atomic E-state index is -0.435. The van der Waals surface area contributed by atoms with Gasteiger partial charge in [0.25, 0.3) is 0 Å². The number of carbonyl (C=O) groups excluding carboxylic acids is 1. The van der Waals surface area contributed by atoms with Gasteiger partial charge in [-0.25, -0.2) is 9.78 Å². The highest BCUT2D eigenvalue weighted by molar-refractivity contribution is 7.10. The second-order valence-corrected chi connectivity index (χ2v) is 3.08. The summed E-state index contributed by atoms with van der Waals surface area (Å²) in [6.07, 6.45) is 2.87. The Morgan fingerprint density at radius 1 is 1.85 bits per heavy atom. The van der Waals surface area contributed by atoms with Crippen LogP contribution < -0.4 is 5.73 Å². The Kier molecular flexibility index (Phi) is 3.45. The summed E-state index contributed by atoms with van der Waals surface area (Å²) < 4.78 is 4.69. The van der Waals surface area contributed by atoms with Crippen molar-refractivity contribution in [1.82, 2.24) is 4.98 Å². The van der Waals surface area contributed by atoms with Crippen LogP contribution in [0.4, 0.5) is 0 Å². The molecule has 0 aliphatic rings. The zero-order chi connectivity index (χ0) is 9.68. The van der Waals surface area contributed by atoms with Crippen molar-refractivity contribution in [2.24, 2.45) is 5.73 Å². The molecule has 2 N–H and O–H groups in total. The van der Waals surface area contributed by atoms with Gasteiger partial charge in [0, 0.05) is 17.7 Å². The molecule has 0 fully saturated rings. The van der Waals surface area contributed by atoms with Gasteiger partial charge in [-0.15, -0.1) is 11.3 Å². The van der Waals surface area contributed by atoms with Gasteiger partial charge in [-0.2, -0.15) is 0 Å². The van der Waals surface area contributed by atoms with Crippen molar-refractivity contribution in [3.05, 3.63) is 22.7 Å². The van der Waals surface area contributed by atoms with Crippen LogP contribution in [0.2, 0.25) is 0 Å². The van der Waals surface area contributed by atoms with Crippen molar-refractivity contribution >= 4 is 23.0 Å². The molecule has 13 heavy (non-hydrogen) atoms. The van der Waals surface area contributed by atoms with Gasteiger partial charge in [0.05, 0.1) is 12.3 Å². The molecule has 0 spiro atoms. The second kappa shape index (κ2) is 4.61. The van der Waals surface area contributed by atoms with Gasteiger partial charge in [0.1, 0.15) is 5.01 Å². The first-order valence-electron chi connectivity index (χ1n) is 3.78. The van der Waals surface area contributed by atoms with E-state index >= 15 is 0 Å². The minimum Gasteiger partial charge on any atom is -0.463 e. The van der Waals surface area contributed by atoms with Crippen molar-refractivity contribution in [2.75, 3.05) is 6.61 Å². The lowest BCUT2D eigenvalue weighted by molar-refractivity contribution is -0.137. The smallest absolute Gasteiger partial charge is 0.332 e. The summed E-state index contributed by atoms with van der Waals surface area (Å²) in [7, 11) is 0. The van der Waals surface area contributed by atoms with E-state index in [2.05, 4.69) is 4.98 Å². The Morgan fingerprint density at radius 2 is 2.62 bits per heavy atom. The van der Waals surface area contributed by atoms with Gasteiger partial charge >= 0.3 is 5.97 Å². The maximum Gasteiger partial charge on any atom is 0.332 e. The lowest BCUT2D eigenvalue weighted by atomic mass is 10.4. The number of ether oxygens (including phenoxy) is 1. The largest absolute Gasteiger partial charge is 0.463 e. The maximum absolute atomic E-state index is 10.9. The van der Waals surface area contributed by atoms with E-state index in [9.17, 15) is 4.79 Å². The van der Waals surface area contributed by atoms with Crippen molar-refractivity contribution in [3.63, 3.8) is 0 Å². The standard InChI is InChI=1S/C8H10N2O2S/c1-2-12-7(11)5-6(9)8-10-3-4-13-8/h3-5H,2,9H2,1H3. The molecule has 0 bridgehead atoms. The highest BCUT2D eigenvalue weighted by atomic mass is 32.1. The Balaban J connectivity index is 2.67. The Labute approximate surface area is 80.0 Å². The number of hydrogen-bond acceptors (Lipinski definition) is 5. The third kappa shape index (κ3) is 2.87. The molecule has 0 radical (unpaired) electrons. The summed E-state index contributed by atoms with van der Waals surface area (Å²) in [5.41, 5.74) is 5.92. The molecular weight excluding hydrogens is 188 g/mol. The molecule has 0 aliphatic carbocycles. The van der Waals surface area contributed by atoms with Crippen molar-refractivity contribution < 1.29 is 9.53 Å². The van der Waals surface area contributed by atoms with Crippen molar-refractivity contribution in [3.8, 4) is 0 Å². The fourth-order valence-electron chi connectivity index (χ4n) is 0.739. The second-order valence-electron chi connectivity index (χ2n) is 2.19. The predicted molar refractivity (Wildman–Crippen MR) is 50.9 cm³/mol. The molecule has 0 saturated carbocycles. The molecule has 0 atom stereocenters. The summed E-state index contributed by atoms with van der Waals surface area (Å²) >= 11 is 1.38. The average molecular weight is 198 g/mol. The van der Waals surface area contributed by atoms with Gasteiger partial charge in [-0.1, -0.05) is 0 Å². The van der Waals surface area contributed by atoms with Crippen LogP contribution in [0.5, 0.6) is 0 Å². The van der Waals surface area contributed by atoms with Crippen molar-refractivity contribution in [2.45, 2.75) is 6.92 Å². The number of carbonyl (C=O) groups is 1. The van der Waals surface area contributed by atoms with Crippen LogP contribution in [0.1, 0.15) is 11.9 Å². The van der Waals surface area contributed by atoms with Gasteiger partial charge < -0.3 is 10.5 Å². The van der Waals surface area contributed by atoms with Crippen LogP contribution in [-0.4, -0.2) is 17.6 Å². The van der Waals surface area contributed by atoms with Crippen LogP contribution in [0.25, 0.3) is 5.70 Å². The van der Waals surface area contributed by atoms with Gasteiger partial charge in [-0.3, -0.25) is 0 Å². The molecule has 1 aromatic rings. The number of nitrogens with zero attached hydrogens (tertiary/aromatic N) is 1. The fourth-order valence-corrected chi connectivity index (χ4v) is 1.31. The quantitative estimate of drug-likeness (QED) is 0.581. The first kappa shape index (κ1) is 9.73. The summed E-state index contributed by atoms with van der Waals surface area (Å²) in [4.78, 5) is 14.9. The molecule has 1 rings (SSSR count). The number of rotatable bonds is 3. The first-order chi connectivity index (χ1) is 6.24. The van der Waals surface area contributed by atoms with E-state index in [0.717, 1.165) is 0 Å². The minimum absolute atomic E-state index is 0.341. The van der Waals surface area contributed by atoms with Gasteiger partial charge in [-0.05, 0) is 6.92 Å². The number of thiazole rings is 1. The molecule has 0 unspecified atom stereocenters. The number of aromatic nitrogens is 1. The van der Waals surface area contributed by atoms with Crippen LogP contribution in [0.15, 0.2) is 17.7 Å². The van der Waals surface area contributed by atoms with E-state index in [1.165, 1.54) is 17.4 Å². The highest BCUT2D eigenvalue weighted by Crippen LogP contribution is 2.11. The van der Waals surface area contributed by atoms with Gasteiger partial charge in [0.2, 0.25) is 0 Å². The third-order valence-electron chi connectivity index (χ3n) is 1.24. The van der Waals surface area contributed by atoms with E-state index < -0.39 is 5.97 Å². The normalized spacial score (nSPS) is 11.3. The zero-order valence-corrected chi connectivity index (χ0v) is 8.00. The lowest BCUT2D eigenvalue weighted by Crippen LogP contribution is -2.04. The molecule has 0 amide bonds. The monoisotopic (exact) mass is 198 g/mol. The zero-order valence-electron chi connectivity index (χ0n) is 7.19. The van der Waals surface area contributed by atoms with Crippen LogP contribution in [0.3, 0.4) is 0 Å². The molecule has 0 aromatic carbocycles. The highest BCUT2D eigenvalue weighted by Gasteiger charge is 2.02. The van der Waals surface area contributed by atoms with E-state index in [1.54, 1.807) is 18.5 Å². The molecular formula is C8H10N2O2S. The first-order valence-corrected chi connectivity index (χ1v) is 4.65. The third-order valence-corrected chi connectivity index (χ3v) is 2.06. The van der Waals surface area contributed by atoms with E-state index in [0.29, 0.717) is 17.3 Å². The Bertz CT molecular complexity index is 306. The van der Waals surface area contributed by atoms with E-state index in [1.807, 2.05) is 0 Å². The topological polar surface area (TPSA) is 65.2 Å². The molecule has 4 nitrogen and oxygen atoms in total. The lowest BCUT2D eigenvalue weighted by Gasteiger charge is -1.97. The maximum atomic E-state index is 10.9. The average Bonchev–Trinajstić information content (AvgIpc) is 2.55. The summed E-state index contributed by atoms with van der Waals surface area (Å²) in [6, 6.07) is 0. The fraction of sp³-hybridized carbons (Fsp3) is 0.250.